The number of methoxy groups -OCH3 is 2. The second-order valence-corrected chi connectivity index (χ2v) is 2.99. The highest BCUT2D eigenvalue weighted by Crippen LogP contribution is 2.10. The molecule has 0 radical (unpaired) electrons. The second kappa shape index (κ2) is 5.45. The third-order valence-electron chi connectivity index (χ3n) is 1.90. The molecule has 0 aliphatic heterocycles. The number of hydrogen-bond donors (Lipinski definition) is 1. The fourth-order valence-corrected chi connectivity index (χ4v) is 1.01. The fourth-order valence-electron chi connectivity index (χ4n) is 1.01. The molecule has 1 rings (SSSR count). The van der Waals surface area contributed by atoms with Gasteiger partial charge in [0.2, 0.25) is 0 Å². The van der Waals surface area contributed by atoms with Gasteiger partial charge in [-0.1, -0.05) is 6.92 Å². The molecular formula is C9H15N3O3. The lowest BCUT2D eigenvalue weighted by Gasteiger charge is -2.07. The second-order valence-electron chi connectivity index (χ2n) is 2.99. The van der Waals surface area contributed by atoms with E-state index in [0.29, 0.717) is 18.7 Å². The van der Waals surface area contributed by atoms with Crippen molar-refractivity contribution in [3.8, 4) is 12.0 Å². The molecule has 0 bridgehead atoms. The number of hydrogen-bond acceptors (Lipinski definition) is 6. The van der Waals surface area contributed by atoms with Crippen LogP contribution in [0.15, 0.2) is 0 Å². The van der Waals surface area contributed by atoms with Crippen molar-refractivity contribution < 1.29 is 14.6 Å². The minimum Gasteiger partial charge on any atom is -0.467 e. The Balaban J connectivity index is 2.86. The Bertz CT molecular complexity index is 297. The quantitative estimate of drug-likeness (QED) is 0.753. The molecule has 1 aromatic heterocycles. The number of ether oxygens (including phenoxy) is 2. The highest BCUT2D eigenvalue weighted by Gasteiger charge is 2.10. The standard InChI is InChI=1S/C9H15N3O3/c1-4-6(13)5-7-10-8(14-2)12-9(11-7)15-3/h6,13H,4-5H2,1-3H3. The van der Waals surface area contributed by atoms with Gasteiger partial charge in [-0.15, -0.1) is 4.98 Å². The summed E-state index contributed by atoms with van der Waals surface area (Å²) < 4.78 is 9.78. The minimum absolute atomic E-state index is 0.195. The van der Waals surface area contributed by atoms with E-state index < -0.39 is 6.10 Å². The van der Waals surface area contributed by atoms with Crippen LogP contribution in [-0.4, -0.2) is 40.4 Å². The van der Waals surface area contributed by atoms with E-state index in [0.717, 1.165) is 0 Å². The van der Waals surface area contributed by atoms with E-state index >= 15 is 0 Å². The SMILES string of the molecule is CCC(O)Cc1nc(OC)nc(OC)n1. The largest absolute Gasteiger partial charge is 0.467 e. The van der Waals surface area contributed by atoms with Gasteiger partial charge in [0.25, 0.3) is 0 Å². The molecule has 6 heteroatoms. The van der Waals surface area contributed by atoms with Crippen molar-refractivity contribution in [3.63, 3.8) is 0 Å². The molecule has 1 atom stereocenters. The Hall–Kier alpha value is -1.43. The van der Waals surface area contributed by atoms with E-state index in [4.69, 9.17) is 9.47 Å². The van der Waals surface area contributed by atoms with Crippen LogP contribution in [0.2, 0.25) is 0 Å². The summed E-state index contributed by atoms with van der Waals surface area (Å²) in [6, 6.07) is 0.389. The van der Waals surface area contributed by atoms with Crippen LogP contribution in [0.5, 0.6) is 12.0 Å². The molecule has 84 valence electrons. The van der Waals surface area contributed by atoms with Gasteiger partial charge < -0.3 is 14.6 Å². The Morgan fingerprint density at radius 3 is 2.07 bits per heavy atom. The van der Waals surface area contributed by atoms with Crippen molar-refractivity contribution in [3.05, 3.63) is 5.82 Å². The lowest BCUT2D eigenvalue weighted by molar-refractivity contribution is 0.167. The Morgan fingerprint density at radius 1 is 1.13 bits per heavy atom. The molecule has 0 saturated heterocycles. The first-order valence-electron chi connectivity index (χ1n) is 4.70. The zero-order valence-electron chi connectivity index (χ0n) is 9.10. The molecule has 0 aliphatic carbocycles. The number of nitrogens with zero attached hydrogens (tertiary/aromatic N) is 3. The maximum absolute atomic E-state index is 9.46. The minimum atomic E-state index is -0.457. The number of aliphatic hydroxyl groups excluding tert-OH is 1. The van der Waals surface area contributed by atoms with Crippen LogP contribution < -0.4 is 9.47 Å². The summed E-state index contributed by atoms with van der Waals surface area (Å²) >= 11 is 0. The molecule has 0 amide bonds. The summed E-state index contributed by atoms with van der Waals surface area (Å²) in [5, 5.41) is 9.46. The number of aromatic nitrogens is 3. The average Bonchev–Trinajstić information content (AvgIpc) is 2.28. The molecule has 0 aliphatic rings. The van der Waals surface area contributed by atoms with Crippen LogP contribution >= 0.6 is 0 Å². The Kier molecular flexibility index (Phi) is 4.23. The summed E-state index contributed by atoms with van der Waals surface area (Å²) in [6.45, 7) is 1.89. The topological polar surface area (TPSA) is 77.4 Å². The van der Waals surface area contributed by atoms with Crippen molar-refractivity contribution in [2.75, 3.05) is 14.2 Å². The van der Waals surface area contributed by atoms with Gasteiger partial charge in [0, 0.05) is 6.42 Å². The van der Waals surface area contributed by atoms with Gasteiger partial charge in [-0.3, -0.25) is 0 Å². The summed E-state index contributed by atoms with van der Waals surface area (Å²) in [5.41, 5.74) is 0. The summed E-state index contributed by atoms with van der Waals surface area (Å²) in [7, 11) is 2.93. The molecule has 0 aromatic carbocycles. The van der Waals surface area contributed by atoms with Gasteiger partial charge in [0.1, 0.15) is 5.82 Å². The zero-order chi connectivity index (χ0) is 11.3. The molecule has 1 heterocycles. The Labute approximate surface area is 88.3 Å². The molecule has 0 saturated carbocycles. The molecule has 1 unspecified atom stereocenters. The molecule has 15 heavy (non-hydrogen) atoms. The third kappa shape index (κ3) is 3.32. The van der Waals surface area contributed by atoms with Gasteiger partial charge in [0.15, 0.2) is 0 Å². The molecule has 0 spiro atoms. The van der Waals surface area contributed by atoms with E-state index in [1.54, 1.807) is 0 Å². The monoisotopic (exact) mass is 213 g/mol. The smallest absolute Gasteiger partial charge is 0.322 e. The first kappa shape index (κ1) is 11.6. The van der Waals surface area contributed by atoms with Gasteiger partial charge in [-0.25, -0.2) is 0 Å². The van der Waals surface area contributed by atoms with Gasteiger partial charge in [-0.2, -0.15) is 9.97 Å². The van der Waals surface area contributed by atoms with Crippen LogP contribution in [-0.2, 0) is 6.42 Å². The molecule has 0 fully saturated rings. The van der Waals surface area contributed by atoms with Crippen LogP contribution in [0.1, 0.15) is 19.2 Å². The zero-order valence-corrected chi connectivity index (χ0v) is 9.10. The lowest BCUT2D eigenvalue weighted by Crippen LogP contribution is -2.13. The maximum Gasteiger partial charge on any atom is 0.322 e. The molecular weight excluding hydrogens is 198 g/mol. The number of rotatable bonds is 5. The summed E-state index contributed by atoms with van der Waals surface area (Å²) in [4.78, 5) is 11.9. The fraction of sp³-hybridized carbons (Fsp3) is 0.667. The van der Waals surface area contributed by atoms with Gasteiger partial charge in [-0.05, 0) is 6.42 Å². The van der Waals surface area contributed by atoms with Crippen LogP contribution in [0, 0.1) is 0 Å². The van der Waals surface area contributed by atoms with Crippen molar-refractivity contribution in [2.24, 2.45) is 0 Å². The average molecular weight is 213 g/mol. The van der Waals surface area contributed by atoms with Crippen molar-refractivity contribution in [1.29, 1.82) is 0 Å². The maximum atomic E-state index is 9.46. The molecule has 6 nitrogen and oxygen atoms in total. The van der Waals surface area contributed by atoms with Crippen LogP contribution in [0.4, 0.5) is 0 Å². The highest BCUT2D eigenvalue weighted by atomic mass is 16.5. The number of aliphatic hydroxyl groups is 1. The van der Waals surface area contributed by atoms with Crippen molar-refractivity contribution >= 4 is 0 Å². The van der Waals surface area contributed by atoms with E-state index in [1.807, 2.05) is 6.92 Å². The summed E-state index contributed by atoms with van der Waals surface area (Å²) in [6.07, 6.45) is 0.559. The van der Waals surface area contributed by atoms with Crippen molar-refractivity contribution in [1.82, 2.24) is 15.0 Å². The van der Waals surface area contributed by atoms with Crippen LogP contribution in [0.25, 0.3) is 0 Å². The van der Waals surface area contributed by atoms with Gasteiger partial charge in [0.05, 0.1) is 20.3 Å². The van der Waals surface area contributed by atoms with Crippen molar-refractivity contribution in [2.45, 2.75) is 25.9 Å². The Morgan fingerprint density at radius 2 is 1.67 bits per heavy atom. The van der Waals surface area contributed by atoms with E-state index in [2.05, 4.69) is 15.0 Å². The third-order valence-corrected chi connectivity index (χ3v) is 1.90. The molecule has 1 aromatic rings. The van der Waals surface area contributed by atoms with Crippen LogP contribution in [0.3, 0.4) is 0 Å². The normalized spacial score (nSPS) is 12.3. The first-order valence-corrected chi connectivity index (χ1v) is 4.70. The lowest BCUT2D eigenvalue weighted by atomic mass is 10.2. The predicted octanol–water partition coefficient (Wildman–Crippen LogP) is 0.202. The predicted molar refractivity (Wildman–Crippen MR) is 52.9 cm³/mol. The first-order chi connectivity index (χ1) is 7.19. The van der Waals surface area contributed by atoms with E-state index in [9.17, 15) is 5.11 Å². The highest BCUT2D eigenvalue weighted by molar-refractivity contribution is 5.05. The van der Waals surface area contributed by atoms with Gasteiger partial charge >= 0.3 is 12.0 Å². The summed E-state index contributed by atoms with van der Waals surface area (Å²) in [5.74, 6) is 0.466. The van der Waals surface area contributed by atoms with E-state index in [-0.39, 0.29) is 12.0 Å². The van der Waals surface area contributed by atoms with E-state index in [1.165, 1.54) is 14.2 Å². The molecule has 1 N–H and O–H groups in total.